The first-order valence-electron chi connectivity index (χ1n) is 3.39. The Balaban J connectivity index is 0. The van der Waals surface area contributed by atoms with Crippen LogP contribution in [-0.4, -0.2) is 11.1 Å². The van der Waals surface area contributed by atoms with Crippen molar-refractivity contribution in [3.63, 3.8) is 0 Å². The highest BCUT2D eigenvalue weighted by atomic mass is 16.4. The molecule has 0 spiro atoms. The molecule has 11 heavy (non-hydrogen) atoms. The molecule has 1 N–H and O–H groups in total. The van der Waals surface area contributed by atoms with Crippen molar-refractivity contribution < 1.29 is 9.90 Å². The lowest BCUT2D eigenvalue weighted by Gasteiger charge is -1.85. The van der Waals surface area contributed by atoms with Crippen molar-refractivity contribution in [1.29, 1.82) is 0 Å². The van der Waals surface area contributed by atoms with Gasteiger partial charge in [0.2, 0.25) is 0 Å². The van der Waals surface area contributed by atoms with Crippen LogP contribution in [0.2, 0.25) is 0 Å². The number of carboxylic acids is 1. The molecular formula is C9H14O2. The lowest BCUT2D eigenvalue weighted by atomic mass is 10.3. The van der Waals surface area contributed by atoms with Crippen molar-refractivity contribution in [2.45, 2.75) is 13.8 Å². The zero-order valence-corrected chi connectivity index (χ0v) is 7.00. The molecule has 0 aliphatic rings. The summed E-state index contributed by atoms with van der Waals surface area (Å²) in [4.78, 5) is 10.0. The fraction of sp³-hybridized carbons (Fsp3) is 0.222. The van der Waals surface area contributed by atoms with Crippen LogP contribution in [0.15, 0.2) is 37.0 Å². The van der Waals surface area contributed by atoms with Gasteiger partial charge in [-0.05, 0) is 6.08 Å². The summed E-state index contributed by atoms with van der Waals surface area (Å²) >= 11 is 0. The van der Waals surface area contributed by atoms with Crippen LogP contribution in [0.5, 0.6) is 0 Å². The average Bonchev–Trinajstić information content (AvgIpc) is 2.03. The largest absolute Gasteiger partial charge is 0.478 e. The molecule has 62 valence electrons. The van der Waals surface area contributed by atoms with Crippen LogP contribution >= 0.6 is 0 Å². The Hall–Kier alpha value is -1.31. The number of allylic oxidation sites excluding steroid dienone is 2. The van der Waals surface area contributed by atoms with Crippen LogP contribution in [-0.2, 0) is 4.79 Å². The van der Waals surface area contributed by atoms with Gasteiger partial charge in [-0.3, -0.25) is 0 Å². The number of rotatable bonds is 3. The first kappa shape index (κ1) is 12.4. The first-order valence-corrected chi connectivity index (χ1v) is 3.39. The minimum Gasteiger partial charge on any atom is -0.478 e. The van der Waals surface area contributed by atoms with E-state index in [1.54, 1.807) is 0 Å². The average molecular weight is 154 g/mol. The van der Waals surface area contributed by atoms with Crippen molar-refractivity contribution in [2.24, 2.45) is 0 Å². The van der Waals surface area contributed by atoms with Gasteiger partial charge in [-0.1, -0.05) is 39.2 Å². The molecule has 2 nitrogen and oxygen atoms in total. The summed E-state index contributed by atoms with van der Waals surface area (Å²) in [6.45, 7) is 10.6. The molecule has 0 aromatic rings. The van der Waals surface area contributed by atoms with Crippen LogP contribution in [0, 0.1) is 0 Å². The highest BCUT2D eigenvalue weighted by molar-refractivity contribution is 5.88. The van der Waals surface area contributed by atoms with E-state index in [9.17, 15) is 4.79 Å². The van der Waals surface area contributed by atoms with Gasteiger partial charge in [0, 0.05) is 0 Å². The minimum absolute atomic E-state index is 0.0647. The van der Waals surface area contributed by atoms with Gasteiger partial charge in [-0.15, -0.1) is 0 Å². The number of hydrogen-bond acceptors (Lipinski definition) is 1. The molecule has 0 aromatic carbocycles. The summed E-state index contributed by atoms with van der Waals surface area (Å²) in [5, 5.41) is 8.22. The van der Waals surface area contributed by atoms with E-state index >= 15 is 0 Å². The summed E-state index contributed by atoms with van der Waals surface area (Å²) in [7, 11) is 0. The molecule has 0 rings (SSSR count). The predicted molar refractivity (Wildman–Crippen MR) is 47.5 cm³/mol. The lowest BCUT2D eigenvalue weighted by molar-refractivity contribution is -0.132. The van der Waals surface area contributed by atoms with Crippen LogP contribution in [0.25, 0.3) is 0 Å². The van der Waals surface area contributed by atoms with E-state index in [-0.39, 0.29) is 5.57 Å². The van der Waals surface area contributed by atoms with Gasteiger partial charge in [-0.2, -0.15) is 0 Å². The molecule has 0 radical (unpaired) electrons. The Labute approximate surface area is 67.6 Å². The third-order valence-electron chi connectivity index (χ3n) is 0.708. The molecule has 0 aliphatic carbocycles. The highest BCUT2D eigenvalue weighted by Crippen LogP contribution is 1.91. The molecule has 0 unspecified atom stereocenters. The van der Waals surface area contributed by atoms with Gasteiger partial charge in [0.15, 0.2) is 0 Å². The predicted octanol–water partition coefficient (Wildman–Crippen LogP) is 2.40. The Morgan fingerprint density at radius 2 is 1.91 bits per heavy atom. The van der Waals surface area contributed by atoms with Crippen molar-refractivity contribution in [2.75, 3.05) is 0 Å². The molecule has 0 aliphatic heterocycles. The maximum absolute atomic E-state index is 10.0. The van der Waals surface area contributed by atoms with Crippen molar-refractivity contribution in [3.8, 4) is 0 Å². The Morgan fingerprint density at radius 3 is 2.18 bits per heavy atom. The summed E-state index contributed by atoms with van der Waals surface area (Å²) in [5.74, 6) is -1.01. The van der Waals surface area contributed by atoms with Crippen LogP contribution < -0.4 is 0 Å². The topological polar surface area (TPSA) is 37.3 Å². The molecule has 0 fully saturated rings. The van der Waals surface area contributed by atoms with Gasteiger partial charge in [0.1, 0.15) is 0 Å². The van der Waals surface area contributed by atoms with Crippen molar-refractivity contribution in [3.05, 3.63) is 37.0 Å². The number of carbonyl (C=O) groups is 1. The number of carboxylic acid groups (broad SMARTS) is 1. The molecule has 0 atom stereocenters. The van der Waals surface area contributed by atoms with E-state index in [2.05, 4.69) is 13.2 Å². The minimum atomic E-state index is -1.01. The second-order valence-corrected chi connectivity index (χ2v) is 1.43. The number of hydrogen-bond donors (Lipinski definition) is 1. The standard InChI is InChI=1S/C7H8O2.C2H6/c1-3-4-5-6(2)7(8)9;1-2/h3-5H,1-2H2,(H,8,9);1-2H3/b5-4-;. The van der Waals surface area contributed by atoms with E-state index in [0.717, 1.165) is 0 Å². The highest BCUT2D eigenvalue weighted by Gasteiger charge is 1.95. The monoisotopic (exact) mass is 154 g/mol. The normalized spacial score (nSPS) is 8.18. The second kappa shape index (κ2) is 8.69. The van der Waals surface area contributed by atoms with E-state index in [1.165, 1.54) is 18.2 Å². The second-order valence-electron chi connectivity index (χ2n) is 1.43. The van der Waals surface area contributed by atoms with Gasteiger partial charge in [0.25, 0.3) is 0 Å². The maximum Gasteiger partial charge on any atom is 0.335 e. The van der Waals surface area contributed by atoms with Gasteiger partial charge >= 0.3 is 5.97 Å². The Morgan fingerprint density at radius 1 is 1.45 bits per heavy atom. The van der Waals surface area contributed by atoms with Crippen LogP contribution in [0.4, 0.5) is 0 Å². The molecule has 0 heterocycles. The van der Waals surface area contributed by atoms with Crippen molar-refractivity contribution >= 4 is 5.97 Å². The van der Waals surface area contributed by atoms with Crippen molar-refractivity contribution in [1.82, 2.24) is 0 Å². The smallest absolute Gasteiger partial charge is 0.335 e. The third kappa shape index (κ3) is 8.69. The molecule has 0 saturated carbocycles. The molecule has 0 aromatic heterocycles. The zero-order chi connectivity index (χ0) is 9.28. The molecule has 0 saturated heterocycles. The van der Waals surface area contributed by atoms with E-state index in [1.807, 2.05) is 13.8 Å². The molecule has 0 amide bonds. The molecule has 2 heteroatoms. The SMILES string of the molecule is C=C/C=C\C(=C)C(=O)O.CC. The fourth-order valence-electron chi connectivity index (χ4n) is 0.255. The zero-order valence-electron chi connectivity index (χ0n) is 7.00. The molecule has 0 bridgehead atoms. The van der Waals surface area contributed by atoms with Crippen LogP contribution in [0.3, 0.4) is 0 Å². The van der Waals surface area contributed by atoms with Gasteiger partial charge in [0.05, 0.1) is 5.57 Å². The summed E-state index contributed by atoms with van der Waals surface area (Å²) < 4.78 is 0. The summed E-state index contributed by atoms with van der Waals surface area (Å²) in [5.41, 5.74) is 0.0647. The quantitative estimate of drug-likeness (QED) is 0.500. The van der Waals surface area contributed by atoms with E-state index < -0.39 is 5.97 Å². The fourth-order valence-corrected chi connectivity index (χ4v) is 0.255. The van der Waals surface area contributed by atoms with Crippen LogP contribution in [0.1, 0.15) is 13.8 Å². The third-order valence-corrected chi connectivity index (χ3v) is 0.708. The van der Waals surface area contributed by atoms with Gasteiger partial charge < -0.3 is 5.11 Å². The van der Waals surface area contributed by atoms with Gasteiger partial charge in [-0.25, -0.2) is 4.79 Å². The first-order chi connectivity index (χ1) is 5.18. The lowest BCUT2D eigenvalue weighted by Crippen LogP contribution is -1.94. The maximum atomic E-state index is 10.0. The summed E-state index contributed by atoms with van der Waals surface area (Å²) in [6, 6.07) is 0. The van der Waals surface area contributed by atoms with E-state index in [0.29, 0.717) is 0 Å². The Kier molecular flexibility index (Phi) is 9.78. The molecular weight excluding hydrogens is 140 g/mol. The summed E-state index contributed by atoms with van der Waals surface area (Å²) in [6.07, 6.45) is 4.40. The Bertz CT molecular complexity index is 166. The van der Waals surface area contributed by atoms with E-state index in [4.69, 9.17) is 5.11 Å². The number of aliphatic carboxylic acids is 1.